The van der Waals surface area contributed by atoms with Crippen LogP contribution in [0.15, 0.2) is 35.5 Å². The number of aldehydes is 1. The van der Waals surface area contributed by atoms with Crippen molar-refractivity contribution in [3.05, 3.63) is 35.5 Å². The molecule has 0 radical (unpaired) electrons. The van der Waals surface area contributed by atoms with Crippen LogP contribution < -0.4 is 4.72 Å². The van der Waals surface area contributed by atoms with E-state index in [1.807, 2.05) is 29.1 Å². The van der Waals surface area contributed by atoms with Crippen LogP contribution in [-0.2, 0) is 25.7 Å². The van der Waals surface area contributed by atoms with Gasteiger partial charge in [-0.25, -0.2) is 4.68 Å². The summed E-state index contributed by atoms with van der Waals surface area (Å²) in [5.74, 6) is -0.284. The molecule has 0 saturated heterocycles. The van der Waals surface area contributed by atoms with Crippen molar-refractivity contribution in [1.82, 2.24) is 14.5 Å². The monoisotopic (exact) mass is 405 g/mol. The first kappa shape index (κ1) is 20.8. The number of hydrogen-bond acceptors (Lipinski definition) is 6. The van der Waals surface area contributed by atoms with Crippen LogP contribution in [0, 0.1) is 5.41 Å². The minimum Gasteiger partial charge on any atom is -0.593 e. The third-order valence-corrected chi connectivity index (χ3v) is 6.89. The van der Waals surface area contributed by atoms with Crippen molar-refractivity contribution in [3.8, 4) is 0 Å². The lowest BCUT2D eigenvalue weighted by Gasteiger charge is -2.37. The van der Waals surface area contributed by atoms with Gasteiger partial charge < -0.3 is 14.1 Å². The van der Waals surface area contributed by atoms with Crippen molar-refractivity contribution < 1.29 is 18.9 Å². The van der Waals surface area contributed by atoms with E-state index in [1.54, 1.807) is 13.1 Å². The number of hydrogen-bond donors (Lipinski definition) is 1. The predicted octanol–water partition coefficient (Wildman–Crippen LogP) is 2.74. The van der Waals surface area contributed by atoms with Crippen molar-refractivity contribution in [2.75, 3.05) is 6.61 Å². The largest absolute Gasteiger partial charge is 0.593 e. The molecule has 1 aromatic heterocycles. The molecule has 1 N–H and O–H groups in total. The van der Waals surface area contributed by atoms with Gasteiger partial charge in [-0.05, 0) is 57.2 Å². The van der Waals surface area contributed by atoms with E-state index in [9.17, 15) is 14.1 Å². The minimum atomic E-state index is -1.26. The van der Waals surface area contributed by atoms with Crippen LogP contribution in [0.25, 0.3) is 5.70 Å². The first-order valence-corrected chi connectivity index (χ1v) is 10.9. The Kier molecular flexibility index (Phi) is 7.09. The number of nitrogens with zero attached hydrogens (tertiary/aromatic N) is 2. The topological polar surface area (TPSA) is 96.3 Å². The predicted molar refractivity (Wildman–Crippen MR) is 107 cm³/mol. The van der Waals surface area contributed by atoms with Crippen LogP contribution in [-0.4, -0.2) is 39.2 Å². The van der Waals surface area contributed by atoms with Crippen molar-refractivity contribution in [1.29, 1.82) is 0 Å². The van der Waals surface area contributed by atoms with Crippen molar-refractivity contribution in [2.24, 2.45) is 5.41 Å². The molecule has 7 nitrogen and oxygen atoms in total. The van der Waals surface area contributed by atoms with Crippen molar-refractivity contribution in [2.45, 2.75) is 57.9 Å². The maximum absolute atomic E-state index is 12.7. The first-order chi connectivity index (χ1) is 13.6. The summed E-state index contributed by atoms with van der Waals surface area (Å²) in [6.07, 6.45) is 12.5. The first-order valence-electron chi connectivity index (χ1n) is 9.76. The highest BCUT2D eigenvalue weighted by Gasteiger charge is 2.43. The quantitative estimate of drug-likeness (QED) is 0.406. The van der Waals surface area contributed by atoms with Gasteiger partial charge >= 0.3 is 5.97 Å². The summed E-state index contributed by atoms with van der Waals surface area (Å²) >= 11 is -1.26. The number of nitrogens with one attached hydrogen (secondary N) is 1. The van der Waals surface area contributed by atoms with Crippen LogP contribution in [0.2, 0.25) is 0 Å². The van der Waals surface area contributed by atoms with Gasteiger partial charge in [0, 0.05) is 30.9 Å². The molecule has 0 spiro atoms. The summed E-state index contributed by atoms with van der Waals surface area (Å²) in [6, 6.07) is 1.94. The molecule has 3 rings (SSSR count). The molecule has 8 heteroatoms. The number of carbonyl (C=O) groups is 2. The van der Waals surface area contributed by atoms with Gasteiger partial charge in [-0.3, -0.25) is 4.79 Å². The summed E-state index contributed by atoms with van der Waals surface area (Å²) in [4.78, 5) is 24.3. The Labute approximate surface area is 168 Å². The fourth-order valence-corrected chi connectivity index (χ4v) is 5.01. The maximum atomic E-state index is 12.7. The molecule has 1 aromatic rings. The van der Waals surface area contributed by atoms with E-state index in [2.05, 4.69) is 9.82 Å². The zero-order valence-corrected chi connectivity index (χ0v) is 17.0. The van der Waals surface area contributed by atoms with Crippen molar-refractivity contribution >= 4 is 29.3 Å². The second-order valence-corrected chi connectivity index (χ2v) is 8.57. The van der Waals surface area contributed by atoms with Gasteiger partial charge in [-0.15, -0.1) is 4.72 Å². The smallest absolute Gasteiger partial charge is 0.312 e. The summed E-state index contributed by atoms with van der Waals surface area (Å²) in [5.41, 5.74) is 0.361. The van der Waals surface area contributed by atoms with E-state index in [0.717, 1.165) is 29.7 Å². The molecular formula is C20H27N3O4S. The van der Waals surface area contributed by atoms with Crippen molar-refractivity contribution in [3.63, 3.8) is 0 Å². The highest BCUT2D eigenvalue weighted by Crippen LogP contribution is 2.40. The van der Waals surface area contributed by atoms with Crippen LogP contribution in [0.3, 0.4) is 0 Å². The van der Waals surface area contributed by atoms with Gasteiger partial charge in [0.1, 0.15) is 6.29 Å². The molecular weight excluding hydrogens is 378 g/mol. The lowest BCUT2D eigenvalue weighted by atomic mass is 9.71. The Bertz CT molecular complexity index is 737. The lowest BCUT2D eigenvalue weighted by Crippen LogP contribution is -2.44. The molecule has 152 valence electrons. The van der Waals surface area contributed by atoms with Gasteiger partial charge in [0.15, 0.2) is 4.91 Å². The molecule has 0 aromatic carbocycles. The van der Waals surface area contributed by atoms with Crippen LogP contribution in [0.4, 0.5) is 0 Å². The van der Waals surface area contributed by atoms with Gasteiger partial charge in [0.2, 0.25) is 0 Å². The Balaban J connectivity index is 1.55. The Morgan fingerprint density at radius 1 is 1.43 bits per heavy atom. The molecule has 2 aliphatic rings. The van der Waals surface area contributed by atoms with Crippen LogP contribution in [0.5, 0.6) is 0 Å². The third-order valence-electron chi connectivity index (χ3n) is 5.52. The molecule has 0 bridgehead atoms. The molecule has 1 saturated carbocycles. The second-order valence-electron chi connectivity index (χ2n) is 7.27. The number of rotatable bonds is 8. The molecule has 0 amide bonds. The number of ether oxygens (including phenoxy) is 1. The summed E-state index contributed by atoms with van der Waals surface area (Å²) in [6.45, 7) is 2.08. The molecule has 1 heterocycles. The zero-order chi connectivity index (χ0) is 20.0. The summed E-state index contributed by atoms with van der Waals surface area (Å²) in [7, 11) is 0. The van der Waals surface area contributed by atoms with Gasteiger partial charge in [-0.1, -0.05) is 0 Å². The SMILES string of the molecule is CCOC(=O)C1(CC=O)CCC(N[S+]([O-])C2=CC=C(n3cccn3)CC2)CC1. The Morgan fingerprint density at radius 2 is 2.21 bits per heavy atom. The normalized spacial score (nSPS) is 26.1. The van der Waals surface area contributed by atoms with E-state index in [4.69, 9.17) is 4.74 Å². The van der Waals surface area contributed by atoms with E-state index in [-0.39, 0.29) is 18.4 Å². The number of aromatic nitrogens is 2. The standard InChI is InChI=1S/C20H27N3O4S/c1-2-27-19(25)20(12-15-24)10-8-16(9-11-20)22-28(26)18-6-4-17(5-7-18)23-14-3-13-21-23/h3-4,6,13-16,22H,2,5,7-12H2,1H3. The molecule has 1 unspecified atom stereocenters. The van der Waals surface area contributed by atoms with E-state index in [0.29, 0.717) is 32.3 Å². The number of allylic oxidation sites excluding steroid dienone is 4. The lowest BCUT2D eigenvalue weighted by molar-refractivity contribution is -0.159. The van der Waals surface area contributed by atoms with E-state index in [1.165, 1.54) is 0 Å². The Hall–Kier alpha value is -1.90. The average Bonchev–Trinajstić information content (AvgIpc) is 3.25. The summed E-state index contributed by atoms with van der Waals surface area (Å²) in [5, 5.41) is 4.22. The number of carbonyl (C=O) groups excluding carboxylic acids is 2. The Morgan fingerprint density at radius 3 is 2.79 bits per heavy atom. The van der Waals surface area contributed by atoms with Gasteiger partial charge in [0.25, 0.3) is 0 Å². The molecule has 1 fully saturated rings. The third kappa shape index (κ3) is 4.74. The summed E-state index contributed by atoms with van der Waals surface area (Å²) < 4.78 is 22.9. The van der Waals surface area contributed by atoms with Gasteiger partial charge in [-0.2, -0.15) is 5.10 Å². The molecule has 28 heavy (non-hydrogen) atoms. The van der Waals surface area contributed by atoms with E-state index >= 15 is 0 Å². The van der Waals surface area contributed by atoms with Crippen LogP contribution >= 0.6 is 0 Å². The fourth-order valence-electron chi connectivity index (χ4n) is 3.84. The molecule has 0 aliphatic heterocycles. The highest BCUT2D eigenvalue weighted by molar-refractivity contribution is 7.93. The average molecular weight is 406 g/mol. The highest BCUT2D eigenvalue weighted by atomic mass is 32.2. The van der Waals surface area contributed by atoms with Gasteiger partial charge in [0.05, 0.1) is 29.4 Å². The van der Waals surface area contributed by atoms with E-state index < -0.39 is 16.8 Å². The van der Waals surface area contributed by atoms with Crippen LogP contribution in [0.1, 0.15) is 51.9 Å². The fraction of sp³-hybridized carbons (Fsp3) is 0.550. The maximum Gasteiger partial charge on any atom is 0.312 e. The second kappa shape index (κ2) is 9.54. The zero-order valence-electron chi connectivity index (χ0n) is 16.1. The number of esters is 1. The minimum absolute atomic E-state index is 0.0624. The molecule has 2 aliphatic carbocycles. The molecule has 1 atom stereocenters.